The number of nitrogens with one attached hydrogen (secondary N) is 1. The molecule has 3 rings (SSSR count). The Hall–Kier alpha value is -1.55. The highest BCUT2D eigenvalue weighted by molar-refractivity contribution is 6.30. The molecule has 0 saturated heterocycles. The molecular weight excluding hydrogens is 241 g/mol. The van der Waals surface area contributed by atoms with E-state index in [1.165, 1.54) is 12.1 Å². The van der Waals surface area contributed by atoms with Crippen LogP contribution in [0.2, 0.25) is 5.02 Å². The summed E-state index contributed by atoms with van der Waals surface area (Å²) in [5.74, 6) is 0.347. The van der Waals surface area contributed by atoms with E-state index in [9.17, 15) is 4.39 Å². The molecule has 0 radical (unpaired) electrons. The molecule has 1 heterocycles. The lowest BCUT2D eigenvalue weighted by Crippen LogP contribution is -2.08. The molecule has 1 aromatic heterocycles. The van der Waals surface area contributed by atoms with Crippen LogP contribution in [0, 0.1) is 5.82 Å². The second-order valence-corrected chi connectivity index (χ2v) is 4.57. The minimum atomic E-state index is -0.314. The summed E-state index contributed by atoms with van der Waals surface area (Å²) in [5, 5.41) is 3.76. The topological polar surface area (TPSA) is 29.9 Å². The fraction of sp³-hybridized carbons (Fsp3) is 0.250. The maximum Gasteiger partial charge on any atom is 0.207 e. The van der Waals surface area contributed by atoms with Crippen molar-refractivity contribution in [2.24, 2.45) is 0 Å². The van der Waals surface area contributed by atoms with Gasteiger partial charge in [0.15, 0.2) is 0 Å². The van der Waals surface area contributed by atoms with E-state index in [0.29, 0.717) is 22.7 Å². The first-order chi connectivity index (χ1) is 8.24. The first-order valence-corrected chi connectivity index (χ1v) is 5.87. The van der Waals surface area contributed by atoms with Crippen LogP contribution in [0.5, 0.6) is 0 Å². The van der Waals surface area contributed by atoms with Crippen molar-refractivity contribution in [1.82, 2.24) is 9.55 Å². The average molecular weight is 252 g/mol. The van der Waals surface area contributed by atoms with Gasteiger partial charge in [0.05, 0.1) is 5.69 Å². The van der Waals surface area contributed by atoms with Crippen LogP contribution in [0.3, 0.4) is 0 Å². The third-order valence-corrected chi connectivity index (χ3v) is 2.95. The predicted molar refractivity (Wildman–Crippen MR) is 65.2 cm³/mol. The van der Waals surface area contributed by atoms with E-state index in [-0.39, 0.29) is 5.82 Å². The van der Waals surface area contributed by atoms with Crippen LogP contribution in [-0.4, -0.2) is 15.6 Å². The van der Waals surface area contributed by atoms with Crippen molar-refractivity contribution in [2.45, 2.75) is 18.9 Å². The molecule has 1 fully saturated rings. The largest absolute Gasteiger partial charge is 0.353 e. The summed E-state index contributed by atoms with van der Waals surface area (Å²) in [7, 11) is 0. The SMILES string of the molecule is Fc1ccc(Cl)cc1-n1ccnc1NC1CC1. The van der Waals surface area contributed by atoms with E-state index in [1.54, 1.807) is 23.0 Å². The van der Waals surface area contributed by atoms with Gasteiger partial charge in [-0.3, -0.25) is 4.57 Å². The van der Waals surface area contributed by atoms with Crippen molar-refractivity contribution in [3.05, 3.63) is 41.4 Å². The van der Waals surface area contributed by atoms with Crippen molar-refractivity contribution in [2.75, 3.05) is 5.32 Å². The van der Waals surface area contributed by atoms with Crippen molar-refractivity contribution < 1.29 is 4.39 Å². The van der Waals surface area contributed by atoms with Crippen LogP contribution in [0.1, 0.15) is 12.8 Å². The highest BCUT2D eigenvalue weighted by atomic mass is 35.5. The third kappa shape index (κ3) is 2.13. The zero-order valence-electron chi connectivity index (χ0n) is 9.03. The summed E-state index contributed by atoms with van der Waals surface area (Å²) >= 11 is 5.88. The Kier molecular flexibility index (Phi) is 2.52. The van der Waals surface area contributed by atoms with Crippen LogP contribution in [0.25, 0.3) is 5.69 Å². The standard InChI is InChI=1S/C12H11ClFN3/c13-8-1-4-10(14)11(7-8)17-6-5-15-12(17)16-9-2-3-9/h1,4-7,9H,2-3H2,(H,15,16). The number of nitrogens with zero attached hydrogens (tertiary/aromatic N) is 2. The first kappa shape index (κ1) is 10.6. The third-order valence-electron chi connectivity index (χ3n) is 2.72. The van der Waals surface area contributed by atoms with E-state index >= 15 is 0 Å². The summed E-state index contributed by atoms with van der Waals surface area (Å²) in [4.78, 5) is 4.19. The normalized spacial score (nSPS) is 14.9. The lowest BCUT2D eigenvalue weighted by molar-refractivity contribution is 0.618. The molecule has 1 aromatic carbocycles. The summed E-state index contributed by atoms with van der Waals surface area (Å²) < 4.78 is 15.4. The molecule has 1 saturated carbocycles. The van der Waals surface area contributed by atoms with Gasteiger partial charge in [0, 0.05) is 23.5 Å². The van der Waals surface area contributed by atoms with Gasteiger partial charge in [0.1, 0.15) is 5.82 Å². The molecule has 1 aliphatic rings. The highest BCUT2D eigenvalue weighted by Crippen LogP contribution is 2.26. The van der Waals surface area contributed by atoms with Gasteiger partial charge >= 0.3 is 0 Å². The fourth-order valence-electron chi connectivity index (χ4n) is 1.69. The minimum absolute atomic E-state index is 0.314. The second-order valence-electron chi connectivity index (χ2n) is 4.14. The molecule has 0 amide bonds. The zero-order valence-corrected chi connectivity index (χ0v) is 9.78. The highest BCUT2D eigenvalue weighted by Gasteiger charge is 2.23. The molecular formula is C12H11ClFN3. The molecule has 0 spiro atoms. The molecule has 88 valence electrons. The number of aromatic nitrogens is 2. The Morgan fingerprint density at radius 3 is 3.00 bits per heavy atom. The van der Waals surface area contributed by atoms with Crippen molar-refractivity contribution in [1.29, 1.82) is 0 Å². The molecule has 5 heteroatoms. The fourth-order valence-corrected chi connectivity index (χ4v) is 1.85. The molecule has 0 aliphatic heterocycles. The predicted octanol–water partition coefficient (Wildman–Crippen LogP) is 3.24. The molecule has 2 aromatic rings. The van der Waals surface area contributed by atoms with Crippen LogP contribution in [0.15, 0.2) is 30.6 Å². The van der Waals surface area contributed by atoms with Crippen LogP contribution in [0.4, 0.5) is 10.3 Å². The van der Waals surface area contributed by atoms with E-state index in [4.69, 9.17) is 11.6 Å². The summed E-state index contributed by atoms with van der Waals surface area (Å²) in [5.41, 5.74) is 0.415. The number of benzene rings is 1. The van der Waals surface area contributed by atoms with Gasteiger partial charge < -0.3 is 5.32 Å². The molecule has 3 nitrogen and oxygen atoms in total. The lowest BCUT2D eigenvalue weighted by Gasteiger charge is -2.10. The number of rotatable bonds is 3. The second kappa shape index (κ2) is 4.04. The smallest absolute Gasteiger partial charge is 0.207 e. The molecule has 0 atom stereocenters. The minimum Gasteiger partial charge on any atom is -0.353 e. The molecule has 0 bridgehead atoms. The van der Waals surface area contributed by atoms with Gasteiger partial charge in [-0.15, -0.1) is 0 Å². The zero-order chi connectivity index (χ0) is 11.8. The quantitative estimate of drug-likeness (QED) is 0.908. The maximum atomic E-state index is 13.7. The number of hydrogen-bond donors (Lipinski definition) is 1. The van der Waals surface area contributed by atoms with Crippen LogP contribution >= 0.6 is 11.6 Å². The molecule has 1 N–H and O–H groups in total. The monoisotopic (exact) mass is 251 g/mol. The Bertz CT molecular complexity index is 548. The Labute approximate surface area is 103 Å². The summed E-state index contributed by atoms with van der Waals surface area (Å²) in [6, 6.07) is 4.96. The van der Waals surface area contributed by atoms with E-state index in [2.05, 4.69) is 10.3 Å². The number of imidazole rings is 1. The van der Waals surface area contributed by atoms with E-state index in [0.717, 1.165) is 12.8 Å². The molecule has 0 unspecified atom stereocenters. The van der Waals surface area contributed by atoms with Crippen LogP contribution in [-0.2, 0) is 0 Å². The summed E-state index contributed by atoms with van der Waals surface area (Å²) in [6.45, 7) is 0. The van der Waals surface area contributed by atoms with E-state index < -0.39 is 0 Å². The maximum absolute atomic E-state index is 13.7. The average Bonchev–Trinajstić information content (AvgIpc) is 3.00. The van der Waals surface area contributed by atoms with Gasteiger partial charge in [0.25, 0.3) is 0 Å². The van der Waals surface area contributed by atoms with Gasteiger partial charge in [0.2, 0.25) is 5.95 Å². The number of anilines is 1. The summed E-state index contributed by atoms with van der Waals surface area (Å²) in [6.07, 6.45) is 5.65. The van der Waals surface area contributed by atoms with Crippen molar-refractivity contribution in [3.8, 4) is 5.69 Å². The molecule has 17 heavy (non-hydrogen) atoms. The van der Waals surface area contributed by atoms with Crippen LogP contribution < -0.4 is 5.32 Å². The van der Waals surface area contributed by atoms with Gasteiger partial charge in [-0.2, -0.15) is 0 Å². The van der Waals surface area contributed by atoms with Gasteiger partial charge in [-0.05, 0) is 31.0 Å². The Balaban J connectivity index is 2.01. The number of hydrogen-bond acceptors (Lipinski definition) is 2. The van der Waals surface area contributed by atoms with Gasteiger partial charge in [-0.25, -0.2) is 9.37 Å². The lowest BCUT2D eigenvalue weighted by atomic mass is 10.3. The first-order valence-electron chi connectivity index (χ1n) is 5.49. The van der Waals surface area contributed by atoms with Crippen molar-refractivity contribution >= 4 is 17.5 Å². The van der Waals surface area contributed by atoms with Gasteiger partial charge in [-0.1, -0.05) is 11.6 Å². The molecule has 1 aliphatic carbocycles. The number of halogens is 2. The Morgan fingerprint density at radius 2 is 2.24 bits per heavy atom. The Morgan fingerprint density at radius 1 is 1.41 bits per heavy atom. The van der Waals surface area contributed by atoms with Crippen molar-refractivity contribution in [3.63, 3.8) is 0 Å². The van der Waals surface area contributed by atoms with E-state index in [1.807, 2.05) is 0 Å².